The highest BCUT2D eigenvalue weighted by molar-refractivity contribution is 5.99. The molecular formula is C27H26N4O2. The molecule has 6 nitrogen and oxygen atoms in total. The summed E-state index contributed by atoms with van der Waals surface area (Å²) < 4.78 is 5.30. The predicted octanol–water partition coefficient (Wildman–Crippen LogP) is 5.09. The molecule has 2 aromatic heterocycles. The minimum atomic E-state index is 0.00980. The smallest absolute Gasteiger partial charge is 0.257 e. The van der Waals surface area contributed by atoms with Crippen molar-refractivity contribution in [2.75, 3.05) is 25.5 Å². The van der Waals surface area contributed by atoms with Gasteiger partial charge in [0, 0.05) is 42.6 Å². The van der Waals surface area contributed by atoms with Crippen molar-refractivity contribution < 1.29 is 9.53 Å². The number of carbonyl (C=O) groups excluding carboxylic acids is 1. The standard InChI is InChI=1S/C27H26N4O2/c1-33-22-8-3-7-21(17-22)30-26-24(10-5-14-29-26)27(32)31-15-12-19(18-31)16-20-6-2-11-25-23(20)9-4-13-28-25/h2-11,13-14,17,19H,12,15-16,18H2,1H3,(H,29,30). The number of rotatable bonds is 6. The third-order valence-electron chi connectivity index (χ3n) is 6.19. The van der Waals surface area contributed by atoms with E-state index in [1.54, 1.807) is 19.4 Å². The SMILES string of the molecule is COc1cccc(Nc2ncccc2C(=O)N2CCC(Cc3cccc4ncccc34)C2)c1. The van der Waals surface area contributed by atoms with Crippen molar-refractivity contribution in [2.45, 2.75) is 12.8 Å². The molecule has 0 radical (unpaired) electrons. The largest absolute Gasteiger partial charge is 0.497 e. The Hall–Kier alpha value is -3.93. The maximum atomic E-state index is 13.4. The molecule has 1 aliphatic heterocycles. The Morgan fingerprint density at radius 1 is 1.06 bits per heavy atom. The number of anilines is 2. The monoisotopic (exact) mass is 438 g/mol. The summed E-state index contributed by atoms with van der Waals surface area (Å²) in [5.74, 6) is 1.73. The molecule has 0 bridgehead atoms. The Balaban J connectivity index is 1.31. The van der Waals surface area contributed by atoms with Gasteiger partial charge in [-0.25, -0.2) is 4.98 Å². The van der Waals surface area contributed by atoms with Gasteiger partial charge in [0.15, 0.2) is 0 Å². The van der Waals surface area contributed by atoms with E-state index in [1.807, 2.05) is 53.6 Å². The number of pyridine rings is 2. The van der Waals surface area contributed by atoms with Crippen LogP contribution in [-0.4, -0.2) is 41.0 Å². The lowest BCUT2D eigenvalue weighted by Gasteiger charge is -2.19. The Morgan fingerprint density at radius 3 is 2.82 bits per heavy atom. The summed E-state index contributed by atoms with van der Waals surface area (Å²) >= 11 is 0. The molecule has 1 amide bonds. The van der Waals surface area contributed by atoms with Crippen LogP contribution in [0.1, 0.15) is 22.3 Å². The van der Waals surface area contributed by atoms with E-state index in [0.717, 1.165) is 42.9 Å². The van der Waals surface area contributed by atoms with Gasteiger partial charge in [-0.15, -0.1) is 0 Å². The van der Waals surface area contributed by atoms with Gasteiger partial charge in [-0.2, -0.15) is 0 Å². The fourth-order valence-electron chi connectivity index (χ4n) is 4.53. The number of benzene rings is 2. The number of likely N-dealkylation sites (tertiary alicyclic amines) is 1. The second kappa shape index (κ2) is 9.28. The summed E-state index contributed by atoms with van der Waals surface area (Å²) in [4.78, 5) is 24.3. The minimum Gasteiger partial charge on any atom is -0.497 e. The first kappa shape index (κ1) is 20.9. The van der Waals surface area contributed by atoms with E-state index >= 15 is 0 Å². The number of amides is 1. The highest BCUT2D eigenvalue weighted by Gasteiger charge is 2.29. The first-order valence-corrected chi connectivity index (χ1v) is 11.2. The van der Waals surface area contributed by atoms with Gasteiger partial charge < -0.3 is 15.0 Å². The van der Waals surface area contributed by atoms with Gasteiger partial charge in [0.25, 0.3) is 5.91 Å². The zero-order valence-electron chi connectivity index (χ0n) is 18.6. The first-order chi connectivity index (χ1) is 16.2. The number of carbonyl (C=O) groups is 1. The molecule has 33 heavy (non-hydrogen) atoms. The molecule has 1 atom stereocenters. The molecule has 1 fully saturated rings. The van der Waals surface area contributed by atoms with E-state index in [1.165, 1.54) is 10.9 Å². The maximum absolute atomic E-state index is 13.4. The van der Waals surface area contributed by atoms with Gasteiger partial charge in [-0.05, 0) is 60.7 Å². The lowest BCUT2D eigenvalue weighted by atomic mass is 9.96. The van der Waals surface area contributed by atoms with Crippen LogP contribution in [0, 0.1) is 5.92 Å². The molecule has 166 valence electrons. The summed E-state index contributed by atoms with van der Waals surface area (Å²) in [6, 6.07) is 21.6. The van der Waals surface area contributed by atoms with Crippen LogP contribution < -0.4 is 10.1 Å². The van der Waals surface area contributed by atoms with Gasteiger partial charge in [0.1, 0.15) is 11.6 Å². The summed E-state index contributed by atoms with van der Waals surface area (Å²) in [6.45, 7) is 1.49. The van der Waals surface area contributed by atoms with E-state index in [0.29, 0.717) is 17.3 Å². The topological polar surface area (TPSA) is 67.3 Å². The second-order valence-corrected chi connectivity index (χ2v) is 8.35. The zero-order valence-corrected chi connectivity index (χ0v) is 18.6. The summed E-state index contributed by atoms with van der Waals surface area (Å²) in [5, 5.41) is 4.47. The van der Waals surface area contributed by atoms with E-state index in [-0.39, 0.29) is 5.91 Å². The number of hydrogen-bond acceptors (Lipinski definition) is 5. The van der Waals surface area contributed by atoms with Crippen LogP contribution in [0.25, 0.3) is 10.9 Å². The molecule has 1 N–H and O–H groups in total. The highest BCUT2D eigenvalue weighted by atomic mass is 16.5. The molecule has 5 rings (SSSR count). The Labute approximate surface area is 193 Å². The summed E-state index contributed by atoms with van der Waals surface area (Å²) in [7, 11) is 1.63. The van der Waals surface area contributed by atoms with Crippen molar-refractivity contribution in [1.82, 2.24) is 14.9 Å². The Kier molecular flexibility index (Phi) is 5.89. The fourth-order valence-corrected chi connectivity index (χ4v) is 4.53. The van der Waals surface area contributed by atoms with Crippen molar-refractivity contribution >= 4 is 28.3 Å². The Morgan fingerprint density at radius 2 is 1.91 bits per heavy atom. The summed E-state index contributed by atoms with van der Waals surface area (Å²) in [5.41, 5.74) is 3.72. The van der Waals surface area contributed by atoms with Crippen LogP contribution in [0.2, 0.25) is 0 Å². The lowest BCUT2D eigenvalue weighted by Crippen LogP contribution is -2.29. The van der Waals surface area contributed by atoms with Gasteiger partial charge >= 0.3 is 0 Å². The number of nitrogens with one attached hydrogen (secondary N) is 1. The molecule has 4 aromatic rings. The normalized spacial score (nSPS) is 15.5. The lowest BCUT2D eigenvalue weighted by molar-refractivity contribution is 0.0788. The van der Waals surface area contributed by atoms with Crippen LogP contribution in [0.15, 0.2) is 79.1 Å². The van der Waals surface area contributed by atoms with E-state index in [9.17, 15) is 4.79 Å². The van der Waals surface area contributed by atoms with E-state index in [4.69, 9.17) is 4.74 Å². The van der Waals surface area contributed by atoms with Gasteiger partial charge in [-0.3, -0.25) is 9.78 Å². The number of fused-ring (bicyclic) bond motifs is 1. The molecule has 0 aliphatic carbocycles. The molecule has 0 spiro atoms. The zero-order chi connectivity index (χ0) is 22.6. The van der Waals surface area contributed by atoms with Crippen LogP contribution >= 0.6 is 0 Å². The molecule has 1 aliphatic rings. The average molecular weight is 439 g/mol. The summed E-state index contributed by atoms with van der Waals surface area (Å²) in [6.07, 6.45) is 5.45. The molecule has 1 saturated heterocycles. The van der Waals surface area contributed by atoms with Crippen LogP contribution in [0.4, 0.5) is 11.5 Å². The van der Waals surface area contributed by atoms with Gasteiger partial charge in [0.2, 0.25) is 0 Å². The molecule has 1 unspecified atom stereocenters. The van der Waals surface area contributed by atoms with E-state index in [2.05, 4.69) is 33.5 Å². The van der Waals surface area contributed by atoms with Crippen LogP contribution in [0.3, 0.4) is 0 Å². The quantitative estimate of drug-likeness (QED) is 0.454. The molecular weight excluding hydrogens is 412 g/mol. The van der Waals surface area contributed by atoms with Crippen molar-refractivity contribution in [1.29, 1.82) is 0 Å². The molecule has 3 heterocycles. The Bertz CT molecular complexity index is 1280. The first-order valence-electron chi connectivity index (χ1n) is 11.2. The number of nitrogens with zero attached hydrogens (tertiary/aromatic N) is 3. The maximum Gasteiger partial charge on any atom is 0.257 e. The van der Waals surface area contributed by atoms with Gasteiger partial charge in [-0.1, -0.05) is 24.3 Å². The second-order valence-electron chi connectivity index (χ2n) is 8.35. The van der Waals surface area contributed by atoms with Gasteiger partial charge in [0.05, 0.1) is 18.2 Å². The van der Waals surface area contributed by atoms with Crippen molar-refractivity contribution in [3.05, 3.63) is 90.3 Å². The number of methoxy groups -OCH3 is 1. The number of aromatic nitrogens is 2. The van der Waals surface area contributed by atoms with Crippen LogP contribution in [-0.2, 0) is 6.42 Å². The highest BCUT2D eigenvalue weighted by Crippen LogP contribution is 2.28. The molecule has 0 saturated carbocycles. The average Bonchev–Trinajstić information content (AvgIpc) is 3.33. The van der Waals surface area contributed by atoms with Crippen molar-refractivity contribution in [3.8, 4) is 5.75 Å². The predicted molar refractivity (Wildman–Crippen MR) is 130 cm³/mol. The molecule has 2 aromatic carbocycles. The number of ether oxygens (including phenoxy) is 1. The van der Waals surface area contributed by atoms with Crippen molar-refractivity contribution in [3.63, 3.8) is 0 Å². The number of hydrogen-bond donors (Lipinski definition) is 1. The van der Waals surface area contributed by atoms with Crippen LogP contribution in [0.5, 0.6) is 5.75 Å². The third kappa shape index (κ3) is 4.51. The van der Waals surface area contributed by atoms with Crippen molar-refractivity contribution in [2.24, 2.45) is 5.92 Å². The third-order valence-corrected chi connectivity index (χ3v) is 6.19. The van der Waals surface area contributed by atoms with E-state index < -0.39 is 0 Å². The molecule has 6 heteroatoms. The minimum absolute atomic E-state index is 0.00980. The fraction of sp³-hybridized carbons (Fsp3) is 0.222.